The Kier molecular flexibility index (Phi) is 35.4. The summed E-state index contributed by atoms with van der Waals surface area (Å²) in [5.74, 6) is -0.312. The third-order valence-corrected chi connectivity index (χ3v) is 10.7. The molecule has 0 amide bonds. The summed E-state index contributed by atoms with van der Waals surface area (Å²) in [6, 6.07) is 0. The number of aliphatic hydroxyl groups is 4. The van der Waals surface area contributed by atoms with E-state index in [0.29, 0.717) is 13.0 Å². The smallest absolute Gasteiger partial charge is 0.306 e. The molecule has 4 N–H and O–H groups in total. The second-order valence-corrected chi connectivity index (χ2v) is 15.9. The SMILES string of the molecule is CCCCCCCCC/C=C\CCCCCCCCCCOCC(COC1OC(CO)C(O)C(O)C1O)OC(=O)CCCCCCCCCCCCCC. The summed E-state index contributed by atoms with van der Waals surface area (Å²) < 4.78 is 22.8. The van der Waals surface area contributed by atoms with Crippen LogP contribution in [0.2, 0.25) is 0 Å². The van der Waals surface area contributed by atoms with E-state index in [9.17, 15) is 25.2 Å². The number of hydrogen-bond acceptors (Lipinski definition) is 9. The molecule has 1 rings (SSSR count). The van der Waals surface area contributed by atoms with Crippen LogP contribution in [0, 0.1) is 0 Å². The van der Waals surface area contributed by atoms with Crippen molar-refractivity contribution in [3.05, 3.63) is 12.2 Å². The fraction of sp³-hybridized carbons (Fsp3) is 0.933. The number of allylic oxidation sites excluding steroid dienone is 2. The highest BCUT2D eigenvalue weighted by Gasteiger charge is 2.44. The Morgan fingerprint density at radius 1 is 0.574 bits per heavy atom. The van der Waals surface area contributed by atoms with Crippen molar-refractivity contribution in [2.45, 2.75) is 243 Å². The predicted molar refractivity (Wildman–Crippen MR) is 219 cm³/mol. The highest BCUT2D eigenvalue weighted by molar-refractivity contribution is 5.69. The zero-order valence-electron chi connectivity index (χ0n) is 35.0. The lowest BCUT2D eigenvalue weighted by atomic mass is 9.99. The van der Waals surface area contributed by atoms with E-state index in [0.717, 1.165) is 32.1 Å². The van der Waals surface area contributed by atoms with Crippen LogP contribution in [0.4, 0.5) is 0 Å². The molecular weight excluding hydrogens is 684 g/mol. The summed E-state index contributed by atoms with van der Waals surface area (Å²) in [4.78, 5) is 12.7. The molecule has 9 nitrogen and oxygen atoms in total. The van der Waals surface area contributed by atoms with Crippen molar-refractivity contribution in [2.75, 3.05) is 26.4 Å². The van der Waals surface area contributed by atoms with E-state index in [1.165, 1.54) is 154 Å². The van der Waals surface area contributed by atoms with Crippen LogP contribution >= 0.6 is 0 Å². The maximum atomic E-state index is 12.7. The lowest BCUT2D eigenvalue weighted by Gasteiger charge is -2.39. The molecule has 0 aliphatic carbocycles. The summed E-state index contributed by atoms with van der Waals surface area (Å²) in [5.41, 5.74) is 0. The Hall–Kier alpha value is -1.07. The normalized spacial score (nSPS) is 20.9. The molecule has 1 aliphatic heterocycles. The van der Waals surface area contributed by atoms with Gasteiger partial charge in [-0.25, -0.2) is 0 Å². The van der Waals surface area contributed by atoms with Gasteiger partial charge in [0.1, 0.15) is 30.5 Å². The first-order valence-electron chi connectivity index (χ1n) is 22.8. The highest BCUT2D eigenvalue weighted by Crippen LogP contribution is 2.23. The lowest BCUT2D eigenvalue weighted by Crippen LogP contribution is -2.59. The van der Waals surface area contributed by atoms with Gasteiger partial charge in [0.05, 0.1) is 19.8 Å². The van der Waals surface area contributed by atoms with Crippen molar-refractivity contribution in [1.29, 1.82) is 0 Å². The number of unbranched alkanes of at least 4 members (excludes halogenated alkanes) is 26. The molecule has 0 spiro atoms. The van der Waals surface area contributed by atoms with Gasteiger partial charge in [0.2, 0.25) is 0 Å². The van der Waals surface area contributed by atoms with Crippen LogP contribution in [0.5, 0.6) is 0 Å². The molecule has 320 valence electrons. The van der Waals surface area contributed by atoms with E-state index in [4.69, 9.17) is 18.9 Å². The van der Waals surface area contributed by atoms with Crippen molar-refractivity contribution >= 4 is 5.97 Å². The first-order valence-corrected chi connectivity index (χ1v) is 22.8. The number of aliphatic hydroxyl groups excluding tert-OH is 4. The quantitative estimate of drug-likeness (QED) is 0.0274. The van der Waals surface area contributed by atoms with E-state index in [-0.39, 0.29) is 19.2 Å². The van der Waals surface area contributed by atoms with Gasteiger partial charge in [0, 0.05) is 13.0 Å². The topological polar surface area (TPSA) is 135 Å². The van der Waals surface area contributed by atoms with Crippen LogP contribution in [0.3, 0.4) is 0 Å². The predicted octanol–water partition coefficient (Wildman–Crippen LogP) is 10.0. The standard InChI is InChI=1S/C45H86O9/c1-3-5-7-9-11-13-15-17-18-19-20-21-22-23-25-27-29-31-33-35-51-37-39(38-52-45-44(50)43(49)42(48)40(36-46)54-45)53-41(47)34-32-30-28-26-24-16-14-12-10-8-6-4-2/h18-19,39-40,42-46,48-50H,3-17,20-38H2,1-2H3/b19-18-. The van der Waals surface area contributed by atoms with Gasteiger partial charge in [-0.1, -0.05) is 174 Å². The van der Waals surface area contributed by atoms with Crippen molar-refractivity contribution in [2.24, 2.45) is 0 Å². The Labute approximate surface area is 331 Å². The average Bonchev–Trinajstić information content (AvgIpc) is 3.17. The zero-order chi connectivity index (χ0) is 39.3. The lowest BCUT2D eigenvalue weighted by molar-refractivity contribution is -0.305. The van der Waals surface area contributed by atoms with Crippen LogP contribution in [0.25, 0.3) is 0 Å². The van der Waals surface area contributed by atoms with E-state index < -0.39 is 43.4 Å². The van der Waals surface area contributed by atoms with Gasteiger partial charge in [-0.2, -0.15) is 0 Å². The Morgan fingerprint density at radius 3 is 1.50 bits per heavy atom. The first-order chi connectivity index (χ1) is 26.4. The molecule has 1 fully saturated rings. The highest BCUT2D eigenvalue weighted by atomic mass is 16.7. The maximum absolute atomic E-state index is 12.7. The van der Waals surface area contributed by atoms with Crippen LogP contribution < -0.4 is 0 Å². The fourth-order valence-corrected chi connectivity index (χ4v) is 7.08. The summed E-state index contributed by atoms with van der Waals surface area (Å²) in [6.07, 6.45) is 33.8. The van der Waals surface area contributed by atoms with Gasteiger partial charge in [-0.15, -0.1) is 0 Å². The monoisotopic (exact) mass is 771 g/mol. The molecule has 1 heterocycles. The molecule has 0 radical (unpaired) electrons. The molecule has 0 aromatic heterocycles. The van der Waals surface area contributed by atoms with Gasteiger partial charge in [0.15, 0.2) is 6.29 Å². The number of ether oxygens (including phenoxy) is 4. The third-order valence-electron chi connectivity index (χ3n) is 10.7. The summed E-state index contributed by atoms with van der Waals surface area (Å²) in [7, 11) is 0. The van der Waals surface area contributed by atoms with Crippen LogP contribution in [0.15, 0.2) is 12.2 Å². The molecule has 54 heavy (non-hydrogen) atoms. The Bertz CT molecular complexity index is 838. The average molecular weight is 771 g/mol. The molecule has 9 heteroatoms. The van der Waals surface area contributed by atoms with Crippen LogP contribution in [0.1, 0.15) is 206 Å². The van der Waals surface area contributed by atoms with E-state index in [1.54, 1.807) is 0 Å². The van der Waals surface area contributed by atoms with Gasteiger partial charge in [0.25, 0.3) is 0 Å². The Balaban J connectivity index is 2.23. The molecule has 0 aromatic rings. The summed E-state index contributed by atoms with van der Waals surface area (Å²) in [6.45, 7) is 4.57. The second-order valence-electron chi connectivity index (χ2n) is 15.9. The molecule has 0 aromatic carbocycles. The van der Waals surface area contributed by atoms with Crippen molar-refractivity contribution in [3.8, 4) is 0 Å². The molecule has 1 aliphatic rings. The second kappa shape index (κ2) is 37.5. The molecule has 0 saturated carbocycles. The van der Waals surface area contributed by atoms with Crippen LogP contribution in [-0.2, 0) is 23.7 Å². The van der Waals surface area contributed by atoms with Gasteiger partial charge < -0.3 is 39.4 Å². The van der Waals surface area contributed by atoms with Crippen molar-refractivity contribution in [1.82, 2.24) is 0 Å². The minimum atomic E-state index is -1.53. The number of hydrogen-bond donors (Lipinski definition) is 4. The zero-order valence-corrected chi connectivity index (χ0v) is 35.0. The maximum Gasteiger partial charge on any atom is 0.306 e. The third kappa shape index (κ3) is 28.3. The summed E-state index contributed by atoms with van der Waals surface area (Å²) in [5, 5.41) is 40.1. The molecule has 6 unspecified atom stereocenters. The molecule has 1 saturated heterocycles. The molecular formula is C45H86O9. The Morgan fingerprint density at radius 2 is 1.02 bits per heavy atom. The van der Waals surface area contributed by atoms with Crippen molar-refractivity contribution < 1.29 is 44.2 Å². The minimum Gasteiger partial charge on any atom is -0.457 e. The van der Waals surface area contributed by atoms with Crippen LogP contribution in [-0.4, -0.2) is 89.6 Å². The summed E-state index contributed by atoms with van der Waals surface area (Å²) >= 11 is 0. The number of rotatable bonds is 39. The molecule has 6 atom stereocenters. The minimum absolute atomic E-state index is 0.109. The number of carbonyl (C=O) groups is 1. The first kappa shape index (κ1) is 50.9. The van der Waals surface area contributed by atoms with Gasteiger partial charge >= 0.3 is 5.97 Å². The van der Waals surface area contributed by atoms with Gasteiger partial charge in [-0.05, 0) is 38.5 Å². The fourth-order valence-electron chi connectivity index (χ4n) is 7.08. The van der Waals surface area contributed by atoms with E-state index >= 15 is 0 Å². The largest absolute Gasteiger partial charge is 0.457 e. The van der Waals surface area contributed by atoms with Gasteiger partial charge in [-0.3, -0.25) is 4.79 Å². The number of esters is 1. The number of carbonyl (C=O) groups excluding carboxylic acids is 1. The van der Waals surface area contributed by atoms with Crippen molar-refractivity contribution in [3.63, 3.8) is 0 Å². The molecule has 0 bridgehead atoms. The van der Waals surface area contributed by atoms with E-state index in [2.05, 4.69) is 26.0 Å². The van der Waals surface area contributed by atoms with E-state index in [1.807, 2.05) is 0 Å².